The summed E-state index contributed by atoms with van der Waals surface area (Å²) in [5.74, 6) is 1.25. The van der Waals surface area contributed by atoms with Crippen molar-refractivity contribution in [3.05, 3.63) is 59.5 Å². The highest BCUT2D eigenvalue weighted by molar-refractivity contribution is 5.68. The fourth-order valence-electron chi connectivity index (χ4n) is 2.60. The molecule has 1 heterocycles. The molecule has 0 aliphatic carbocycles. The average molecular weight is 402 g/mol. The van der Waals surface area contributed by atoms with Crippen LogP contribution in [0.5, 0.6) is 0 Å². The van der Waals surface area contributed by atoms with Gasteiger partial charge in [0.15, 0.2) is 0 Å². The first-order chi connectivity index (χ1) is 13.5. The number of amides is 2. The average Bonchev–Trinajstić information content (AvgIpc) is 3.04. The lowest BCUT2D eigenvalue weighted by Gasteiger charge is -2.24. The van der Waals surface area contributed by atoms with E-state index < -0.39 is 23.4 Å². The molecule has 0 aliphatic rings. The van der Waals surface area contributed by atoms with Gasteiger partial charge in [-0.3, -0.25) is 0 Å². The second-order valence-corrected chi connectivity index (χ2v) is 8.39. The fraction of sp³-hybridized carbons (Fsp3) is 0.455. The van der Waals surface area contributed by atoms with Crippen LogP contribution in [-0.2, 0) is 29.0 Å². The summed E-state index contributed by atoms with van der Waals surface area (Å²) < 4.78 is 16.4. The number of rotatable bonds is 7. The van der Waals surface area contributed by atoms with Crippen LogP contribution in [0.2, 0.25) is 0 Å². The minimum absolute atomic E-state index is 0.216. The molecule has 1 aromatic heterocycles. The summed E-state index contributed by atoms with van der Waals surface area (Å²) in [6.07, 6.45) is -0.593. The van der Waals surface area contributed by atoms with Gasteiger partial charge in [0.2, 0.25) is 0 Å². The molecule has 7 nitrogen and oxygen atoms in total. The van der Waals surface area contributed by atoms with E-state index in [-0.39, 0.29) is 6.54 Å². The van der Waals surface area contributed by atoms with E-state index in [1.807, 2.05) is 44.2 Å². The van der Waals surface area contributed by atoms with Crippen molar-refractivity contribution < 1.29 is 23.5 Å². The highest BCUT2D eigenvalue weighted by Crippen LogP contribution is 2.19. The van der Waals surface area contributed by atoms with Gasteiger partial charge in [0.05, 0.1) is 6.54 Å². The molecule has 0 aliphatic heterocycles. The van der Waals surface area contributed by atoms with E-state index in [2.05, 4.69) is 10.6 Å². The van der Waals surface area contributed by atoms with Crippen LogP contribution in [0, 0.1) is 0 Å². The second kappa shape index (κ2) is 9.49. The smallest absolute Gasteiger partial charge is 0.408 e. The summed E-state index contributed by atoms with van der Waals surface area (Å²) in [5, 5.41) is 5.39. The number of furan rings is 1. The van der Waals surface area contributed by atoms with Crippen LogP contribution < -0.4 is 10.6 Å². The molecular formula is C22H30N2O5. The van der Waals surface area contributed by atoms with Gasteiger partial charge in [0.25, 0.3) is 0 Å². The molecule has 0 saturated carbocycles. The largest absolute Gasteiger partial charge is 0.464 e. The SMILES string of the molecule is CC(C)(C)OC(=O)NCc1ccc(CC(C)(C)OC(=O)NCc2ccccc2)o1. The second-order valence-electron chi connectivity index (χ2n) is 8.39. The maximum atomic E-state index is 12.1. The molecule has 0 fully saturated rings. The predicted octanol–water partition coefficient (Wildman–Crippen LogP) is 4.55. The fourth-order valence-corrected chi connectivity index (χ4v) is 2.60. The molecule has 2 N–H and O–H groups in total. The summed E-state index contributed by atoms with van der Waals surface area (Å²) in [6.45, 7) is 9.65. The van der Waals surface area contributed by atoms with Gasteiger partial charge < -0.3 is 24.5 Å². The Kier molecular flexibility index (Phi) is 7.31. The first kappa shape index (κ1) is 22.3. The summed E-state index contributed by atoms with van der Waals surface area (Å²) in [6, 6.07) is 13.2. The molecule has 158 valence electrons. The monoisotopic (exact) mass is 402 g/mol. The van der Waals surface area contributed by atoms with Gasteiger partial charge >= 0.3 is 12.2 Å². The van der Waals surface area contributed by atoms with E-state index in [1.54, 1.807) is 32.9 Å². The molecule has 0 spiro atoms. The van der Waals surface area contributed by atoms with Gasteiger partial charge in [0, 0.05) is 13.0 Å². The summed E-state index contributed by atoms with van der Waals surface area (Å²) in [5.41, 5.74) is -0.314. The van der Waals surface area contributed by atoms with Crippen molar-refractivity contribution in [2.75, 3.05) is 0 Å². The molecule has 1 aromatic carbocycles. The van der Waals surface area contributed by atoms with Gasteiger partial charge in [-0.05, 0) is 52.3 Å². The Morgan fingerprint density at radius 3 is 2.07 bits per heavy atom. The van der Waals surface area contributed by atoms with Gasteiger partial charge in [-0.25, -0.2) is 9.59 Å². The maximum Gasteiger partial charge on any atom is 0.408 e. The number of hydrogen-bond donors (Lipinski definition) is 2. The topological polar surface area (TPSA) is 89.8 Å². The normalized spacial score (nSPS) is 11.6. The Morgan fingerprint density at radius 1 is 0.828 bits per heavy atom. The van der Waals surface area contributed by atoms with Crippen molar-refractivity contribution >= 4 is 12.2 Å². The zero-order valence-corrected chi connectivity index (χ0v) is 17.7. The Labute approximate surface area is 171 Å². The number of ether oxygens (including phenoxy) is 2. The molecule has 2 aromatic rings. The number of benzene rings is 1. The highest BCUT2D eigenvalue weighted by Gasteiger charge is 2.25. The van der Waals surface area contributed by atoms with Crippen molar-refractivity contribution in [2.45, 2.75) is 65.3 Å². The van der Waals surface area contributed by atoms with Crippen LogP contribution in [0.25, 0.3) is 0 Å². The van der Waals surface area contributed by atoms with E-state index >= 15 is 0 Å². The van der Waals surface area contributed by atoms with Crippen LogP contribution in [0.15, 0.2) is 46.9 Å². The Bertz CT molecular complexity index is 806. The Morgan fingerprint density at radius 2 is 1.41 bits per heavy atom. The number of carbonyl (C=O) groups excluding carboxylic acids is 2. The van der Waals surface area contributed by atoms with Gasteiger partial charge in [-0.2, -0.15) is 0 Å². The summed E-state index contributed by atoms with van der Waals surface area (Å²) in [7, 11) is 0. The standard InChI is InChI=1S/C22H30N2O5/c1-21(2,3)28-19(25)24-15-18-12-11-17(27-18)13-22(4,5)29-20(26)23-14-16-9-7-6-8-10-16/h6-12H,13-15H2,1-5H3,(H,23,26)(H,24,25). The lowest BCUT2D eigenvalue weighted by atomic mass is 10.0. The minimum Gasteiger partial charge on any atom is -0.464 e. The van der Waals surface area contributed by atoms with Crippen LogP contribution in [0.3, 0.4) is 0 Å². The van der Waals surface area contributed by atoms with Crippen molar-refractivity contribution in [3.63, 3.8) is 0 Å². The molecule has 0 bridgehead atoms. The third kappa shape index (κ3) is 8.72. The molecular weight excluding hydrogens is 372 g/mol. The minimum atomic E-state index is -0.755. The lowest BCUT2D eigenvalue weighted by molar-refractivity contribution is 0.0350. The molecule has 7 heteroatoms. The summed E-state index contributed by atoms with van der Waals surface area (Å²) >= 11 is 0. The van der Waals surface area contributed by atoms with Gasteiger partial charge in [-0.15, -0.1) is 0 Å². The molecule has 0 atom stereocenters. The maximum absolute atomic E-state index is 12.1. The number of carbonyl (C=O) groups is 2. The molecule has 2 rings (SSSR count). The quantitative estimate of drug-likeness (QED) is 0.709. The third-order valence-corrected chi connectivity index (χ3v) is 3.77. The number of alkyl carbamates (subject to hydrolysis) is 2. The van der Waals surface area contributed by atoms with Crippen molar-refractivity contribution in [1.82, 2.24) is 10.6 Å². The predicted molar refractivity (Wildman–Crippen MR) is 109 cm³/mol. The van der Waals surface area contributed by atoms with Crippen LogP contribution in [-0.4, -0.2) is 23.4 Å². The highest BCUT2D eigenvalue weighted by atomic mass is 16.6. The van der Waals surface area contributed by atoms with Crippen molar-refractivity contribution in [3.8, 4) is 0 Å². The molecule has 2 amide bonds. The Balaban J connectivity index is 1.79. The van der Waals surface area contributed by atoms with Gasteiger partial charge in [-0.1, -0.05) is 30.3 Å². The molecule has 29 heavy (non-hydrogen) atoms. The zero-order valence-electron chi connectivity index (χ0n) is 17.7. The zero-order chi connectivity index (χ0) is 21.5. The summed E-state index contributed by atoms with van der Waals surface area (Å²) in [4.78, 5) is 23.8. The van der Waals surface area contributed by atoms with Crippen molar-refractivity contribution in [2.24, 2.45) is 0 Å². The third-order valence-electron chi connectivity index (χ3n) is 3.77. The number of nitrogens with one attached hydrogen (secondary N) is 2. The van der Waals surface area contributed by atoms with Crippen molar-refractivity contribution in [1.29, 1.82) is 0 Å². The van der Waals surface area contributed by atoms with Crippen LogP contribution in [0.1, 0.15) is 51.7 Å². The number of hydrogen-bond acceptors (Lipinski definition) is 5. The van der Waals surface area contributed by atoms with Crippen LogP contribution in [0.4, 0.5) is 9.59 Å². The molecule has 0 saturated heterocycles. The van der Waals surface area contributed by atoms with E-state index in [1.165, 1.54) is 0 Å². The van der Waals surface area contributed by atoms with E-state index in [0.717, 1.165) is 5.56 Å². The molecule has 0 unspecified atom stereocenters. The first-order valence-corrected chi connectivity index (χ1v) is 9.58. The lowest BCUT2D eigenvalue weighted by Crippen LogP contribution is -2.36. The van der Waals surface area contributed by atoms with E-state index in [4.69, 9.17) is 13.9 Å². The molecule has 0 radical (unpaired) electrons. The van der Waals surface area contributed by atoms with E-state index in [9.17, 15) is 9.59 Å². The van der Waals surface area contributed by atoms with Gasteiger partial charge in [0.1, 0.15) is 22.7 Å². The van der Waals surface area contributed by atoms with E-state index in [0.29, 0.717) is 24.5 Å². The first-order valence-electron chi connectivity index (χ1n) is 9.58. The Hall–Kier alpha value is -2.96. The van der Waals surface area contributed by atoms with Crippen LogP contribution >= 0.6 is 0 Å².